The van der Waals surface area contributed by atoms with Crippen LogP contribution in [0.2, 0.25) is 0 Å². The molecule has 11 heavy (non-hydrogen) atoms. The summed E-state index contributed by atoms with van der Waals surface area (Å²) >= 11 is 0. The van der Waals surface area contributed by atoms with Crippen LogP contribution >= 0.6 is 0 Å². The molecule has 0 aliphatic heterocycles. The topological polar surface area (TPSA) is 32.3 Å². The molecule has 0 bridgehead atoms. The van der Waals surface area contributed by atoms with Crippen molar-refractivity contribution in [3.05, 3.63) is 0 Å². The van der Waals surface area contributed by atoms with Crippen LogP contribution in [0.25, 0.3) is 0 Å². The van der Waals surface area contributed by atoms with E-state index in [4.69, 9.17) is 5.11 Å². The van der Waals surface area contributed by atoms with Gasteiger partial charge in [0.1, 0.15) is 0 Å². The summed E-state index contributed by atoms with van der Waals surface area (Å²) in [5.41, 5.74) is 0.316. The molecule has 0 heterocycles. The van der Waals surface area contributed by atoms with Crippen LogP contribution in [0.15, 0.2) is 0 Å². The fourth-order valence-electron chi connectivity index (χ4n) is 1.73. The summed E-state index contributed by atoms with van der Waals surface area (Å²) in [5, 5.41) is 12.5. The van der Waals surface area contributed by atoms with Crippen LogP contribution in [0.5, 0.6) is 0 Å². The molecule has 0 spiro atoms. The molecule has 1 saturated carbocycles. The van der Waals surface area contributed by atoms with Gasteiger partial charge in [-0.05, 0) is 26.7 Å². The predicted octanol–water partition coefficient (Wildman–Crippen LogP) is 1.29. The lowest BCUT2D eigenvalue weighted by Gasteiger charge is -2.26. The Kier molecular flexibility index (Phi) is 2.90. The molecular formula is C9H19NO. The summed E-state index contributed by atoms with van der Waals surface area (Å²) in [6.45, 7) is 4.81. The van der Waals surface area contributed by atoms with Gasteiger partial charge < -0.3 is 10.4 Å². The number of hydrogen-bond acceptors (Lipinski definition) is 2. The van der Waals surface area contributed by atoms with E-state index in [0.29, 0.717) is 5.54 Å². The lowest BCUT2D eigenvalue weighted by atomic mass is 10.0. The van der Waals surface area contributed by atoms with Gasteiger partial charge >= 0.3 is 0 Å². The highest BCUT2D eigenvalue weighted by molar-refractivity contribution is 4.88. The van der Waals surface area contributed by atoms with Gasteiger partial charge in [-0.25, -0.2) is 0 Å². The van der Waals surface area contributed by atoms with E-state index < -0.39 is 0 Å². The minimum absolute atomic E-state index is 0.215. The molecule has 0 saturated heterocycles. The van der Waals surface area contributed by atoms with Crippen LogP contribution in [0, 0.1) is 0 Å². The summed E-state index contributed by atoms with van der Waals surface area (Å²) in [6, 6.07) is 0. The molecule has 1 aliphatic rings. The highest BCUT2D eigenvalue weighted by atomic mass is 16.3. The van der Waals surface area contributed by atoms with Crippen molar-refractivity contribution in [1.29, 1.82) is 0 Å². The third kappa shape index (κ3) is 2.80. The van der Waals surface area contributed by atoms with Gasteiger partial charge in [-0.15, -0.1) is 0 Å². The van der Waals surface area contributed by atoms with E-state index >= 15 is 0 Å². The molecule has 66 valence electrons. The van der Waals surface area contributed by atoms with E-state index in [1.807, 2.05) is 6.92 Å². The number of nitrogens with one attached hydrogen (secondary N) is 1. The summed E-state index contributed by atoms with van der Waals surface area (Å²) in [4.78, 5) is 0. The maximum atomic E-state index is 9.06. The van der Waals surface area contributed by atoms with Gasteiger partial charge in [0, 0.05) is 12.1 Å². The van der Waals surface area contributed by atoms with Gasteiger partial charge in [-0.3, -0.25) is 0 Å². The normalized spacial score (nSPS) is 25.4. The number of aliphatic hydroxyl groups is 1. The monoisotopic (exact) mass is 157 g/mol. The number of β-amino-alcohol motifs (C(OH)–C–C–N with tert-alkyl or cyclic N) is 1. The second kappa shape index (κ2) is 3.55. The average molecular weight is 157 g/mol. The zero-order valence-electron chi connectivity index (χ0n) is 7.56. The van der Waals surface area contributed by atoms with E-state index in [2.05, 4.69) is 12.2 Å². The van der Waals surface area contributed by atoms with E-state index in [9.17, 15) is 0 Å². The Hall–Kier alpha value is -0.0800. The molecule has 1 aliphatic carbocycles. The van der Waals surface area contributed by atoms with Crippen molar-refractivity contribution >= 4 is 0 Å². The molecule has 1 rings (SSSR count). The zero-order valence-corrected chi connectivity index (χ0v) is 7.56. The SMILES string of the molecule is CC(O)CNC1(C)CCCC1. The molecule has 2 heteroatoms. The first-order chi connectivity index (χ1) is 5.12. The lowest BCUT2D eigenvalue weighted by molar-refractivity contribution is 0.174. The minimum Gasteiger partial charge on any atom is -0.392 e. The summed E-state index contributed by atoms with van der Waals surface area (Å²) < 4.78 is 0. The Morgan fingerprint density at radius 2 is 2.00 bits per heavy atom. The number of aliphatic hydroxyl groups excluding tert-OH is 1. The van der Waals surface area contributed by atoms with E-state index in [1.54, 1.807) is 0 Å². The van der Waals surface area contributed by atoms with E-state index in [1.165, 1.54) is 25.7 Å². The molecule has 0 aromatic carbocycles. The first kappa shape index (κ1) is 9.01. The Balaban J connectivity index is 2.23. The van der Waals surface area contributed by atoms with Crippen LogP contribution in [-0.2, 0) is 0 Å². The van der Waals surface area contributed by atoms with Gasteiger partial charge in [-0.1, -0.05) is 12.8 Å². The van der Waals surface area contributed by atoms with Gasteiger partial charge in [0.05, 0.1) is 6.10 Å². The highest BCUT2D eigenvalue weighted by Gasteiger charge is 2.27. The van der Waals surface area contributed by atoms with Crippen molar-refractivity contribution in [2.24, 2.45) is 0 Å². The van der Waals surface area contributed by atoms with Crippen LogP contribution in [0.3, 0.4) is 0 Å². The van der Waals surface area contributed by atoms with Crippen LogP contribution in [0.1, 0.15) is 39.5 Å². The van der Waals surface area contributed by atoms with Crippen molar-refractivity contribution in [3.63, 3.8) is 0 Å². The third-order valence-corrected chi connectivity index (χ3v) is 2.53. The minimum atomic E-state index is -0.215. The first-order valence-corrected chi connectivity index (χ1v) is 4.55. The maximum absolute atomic E-state index is 9.06. The van der Waals surface area contributed by atoms with Crippen molar-refractivity contribution < 1.29 is 5.11 Å². The Labute approximate surface area is 69.0 Å². The maximum Gasteiger partial charge on any atom is 0.0636 e. The quantitative estimate of drug-likeness (QED) is 0.647. The number of hydrogen-bond donors (Lipinski definition) is 2. The van der Waals surface area contributed by atoms with Crippen LogP contribution < -0.4 is 5.32 Å². The van der Waals surface area contributed by atoms with Crippen molar-refractivity contribution in [2.75, 3.05) is 6.54 Å². The molecule has 0 amide bonds. The fourth-order valence-corrected chi connectivity index (χ4v) is 1.73. The first-order valence-electron chi connectivity index (χ1n) is 4.55. The van der Waals surface area contributed by atoms with E-state index in [-0.39, 0.29) is 6.10 Å². The lowest BCUT2D eigenvalue weighted by Crippen LogP contribution is -2.42. The molecule has 0 aromatic rings. The Morgan fingerprint density at radius 3 is 2.45 bits per heavy atom. The van der Waals surface area contributed by atoms with Gasteiger partial charge in [0.25, 0.3) is 0 Å². The molecule has 1 atom stereocenters. The predicted molar refractivity (Wildman–Crippen MR) is 46.6 cm³/mol. The molecule has 0 aromatic heterocycles. The molecule has 2 nitrogen and oxygen atoms in total. The van der Waals surface area contributed by atoms with Gasteiger partial charge in [0.15, 0.2) is 0 Å². The van der Waals surface area contributed by atoms with Crippen molar-refractivity contribution in [2.45, 2.75) is 51.2 Å². The smallest absolute Gasteiger partial charge is 0.0636 e. The summed E-state index contributed by atoms with van der Waals surface area (Å²) in [5.74, 6) is 0. The standard InChI is InChI=1S/C9H19NO/c1-8(11)7-10-9(2)5-3-4-6-9/h8,10-11H,3-7H2,1-2H3. The zero-order chi connectivity index (χ0) is 8.32. The fraction of sp³-hybridized carbons (Fsp3) is 1.00. The molecule has 0 radical (unpaired) electrons. The van der Waals surface area contributed by atoms with Crippen molar-refractivity contribution in [1.82, 2.24) is 5.32 Å². The van der Waals surface area contributed by atoms with Crippen LogP contribution in [-0.4, -0.2) is 23.3 Å². The summed E-state index contributed by atoms with van der Waals surface area (Å²) in [6.07, 6.45) is 4.99. The second-order valence-corrected chi connectivity index (χ2v) is 4.00. The molecular weight excluding hydrogens is 138 g/mol. The largest absolute Gasteiger partial charge is 0.392 e. The van der Waals surface area contributed by atoms with Gasteiger partial charge in [-0.2, -0.15) is 0 Å². The van der Waals surface area contributed by atoms with E-state index in [0.717, 1.165) is 6.54 Å². The second-order valence-electron chi connectivity index (χ2n) is 4.00. The molecule has 1 fully saturated rings. The summed E-state index contributed by atoms with van der Waals surface area (Å²) in [7, 11) is 0. The Morgan fingerprint density at radius 1 is 1.45 bits per heavy atom. The Bertz CT molecular complexity index is 117. The van der Waals surface area contributed by atoms with Crippen LogP contribution in [0.4, 0.5) is 0 Å². The molecule has 1 unspecified atom stereocenters. The highest BCUT2D eigenvalue weighted by Crippen LogP contribution is 2.28. The van der Waals surface area contributed by atoms with Gasteiger partial charge in [0.2, 0.25) is 0 Å². The van der Waals surface area contributed by atoms with Crippen molar-refractivity contribution in [3.8, 4) is 0 Å². The molecule has 2 N–H and O–H groups in total. The average Bonchev–Trinajstić information content (AvgIpc) is 2.33. The third-order valence-electron chi connectivity index (χ3n) is 2.53. The number of rotatable bonds is 3.